The van der Waals surface area contributed by atoms with Crippen molar-refractivity contribution >= 4 is 17.8 Å². The van der Waals surface area contributed by atoms with Crippen LogP contribution in [0.2, 0.25) is 0 Å². The molecule has 170 valence electrons. The molecule has 0 saturated carbocycles. The molecule has 2 heterocycles. The maximum absolute atomic E-state index is 13.1. The topological polar surface area (TPSA) is 50.3 Å². The van der Waals surface area contributed by atoms with Crippen LogP contribution in [0.15, 0.2) is 55.3 Å². The van der Waals surface area contributed by atoms with Gasteiger partial charge in [-0.25, -0.2) is 4.39 Å². The molecule has 1 amide bonds. The lowest BCUT2D eigenvalue weighted by molar-refractivity contribution is -0.112. The Morgan fingerprint density at radius 3 is 2.50 bits per heavy atom. The number of aromatic nitrogens is 1. The molecule has 0 N–H and O–H groups in total. The number of carbonyl (C=O) groups is 2. The Bertz CT molecular complexity index is 966. The van der Waals surface area contributed by atoms with Crippen molar-refractivity contribution < 1.29 is 14.0 Å². The van der Waals surface area contributed by atoms with E-state index in [0.29, 0.717) is 11.5 Å². The van der Waals surface area contributed by atoms with Crippen LogP contribution in [0.1, 0.15) is 67.2 Å². The van der Waals surface area contributed by atoms with Gasteiger partial charge < -0.3 is 4.90 Å². The molecule has 0 spiro atoms. The molecule has 1 unspecified atom stereocenters. The highest BCUT2D eigenvalue weighted by Gasteiger charge is 2.25. The van der Waals surface area contributed by atoms with E-state index in [4.69, 9.17) is 0 Å². The summed E-state index contributed by atoms with van der Waals surface area (Å²) < 4.78 is 13.1. The van der Waals surface area contributed by atoms with Crippen LogP contribution in [0, 0.1) is 11.7 Å². The summed E-state index contributed by atoms with van der Waals surface area (Å²) in [5, 5.41) is 0. The van der Waals surface area contributed by atoms with E-state index >= 15 is 0 Å². The Morgan fingerprint density at radius 1 is 1.31 bits per heavy atom. The van der Waals surface area contributed by atoms with Crippen molar-refractivity contribution in [2.24, 2.45) is 5.92 Å². The largest absolute Gasteiger partial charge is 0.338 e. The van der Waals surface area contributed by atoms with Crippen LogP contribution in [0.4, 0.5) is 4.39 Å². The maximum Gasteiger partial charge on any atom is 0.255 e. The average molecular weight is 437 g/mol. The van der Waals surface area contributed by atoms with Crippen LogP contribution in [0.25, 0.3) is 6.08 Å². The molecular weight excluding hydrogens is 403 g/mol. The van der Waals surface area contributed by atoms with Crippen LogP contribution in [0.5, 0.6) is 0 Å². The second-order valence-electron chi connectivity index (χ2n) is 8.38. The van der Waals surface area contributed by atoms with Crippen LogP contribution in [0.3, 0.4) is 0 Å². The van der Waals surface area contributed by atoms with E-state index < -0.39 is 0 Å². The van der Waals surface area contributed by atoms with E-state index in [-0.39, 0.29) is 23.4 Å². The molecule has 2 atom stereocenters. The molecule has 1 aromatic heterocycles. The minimum atomic E-state index is -0.234. The lowest BCUT2D eigenvalue weighted by Gasteiger charge is -2.18. The molecule has 2 aromatic rings. The SMILES string of the molecule is C/C=C\C(C)=O.C=Cc1ncc(C(=O)N2CC[C@H](C)C2)cc1CC(C)c1ccc(F)cc1. The van der Waals surface area contributed by atoms with Crippen molar-refractivity contribution in [3.63, 3.8) is 0 Å². The fourth-order valence-corrected chi connectivity index (χ4v) is 3.76. The zero-order valence-electron chi connectivity index (χ0n) is 19.5. The molecule has 1 aromatic carbocycles. The standard InChI is InChI=1S/C22H25FN2O.C5H8O/c1-4-21-18(11-16(3)17-5-7-20(23)8-6-17)12-19(13-24-21)22(26)25-10-9-15(2)14-25;1-3-4-5(2)6/h4-8,12-13,15-16H,1,9-11,14H2,2-3H3;3-4H,1-2H3/b;4-3-/t15-,16?;/m0./s1. The number of hydrogen-bond donors (Lipinski definition) is 0. The molecular formula is C27H33FN2O2. The number of carbonyl (C=O) groups excluding carboxylic acids is 2. The molecule has 4 nitrogen and oxygen atoms in total. The van der Waals surface area contributed by atoms with Gasteiger partial charge >= 0.3 is 0 Å². The van der Waals surface area contributed by atoms with Gasteiger partial charge in [0.2, 0.25) is 0 Å². The fraction of sp³-hybridized carbons (Fsp3) is 0.370. The number of likely N-dealkylation sites (tertiary alicyclic amines) is 1. The van der Waals surface area contributed by atoms with Gasteiger partial charge in [0.25, 0.3) is 5.91 Å². The van der Waals surface area contributed by atoms with Crippen molar-refractivity contribution in [1.29, 1.82) is 0 Å². The molecule has 3 rings (SSSR count). The summed E-state index contributed by atoms with van der Waals surface area (Å²) in [4.78, 5) is 29.1. The van der Waals surface area contributed by atoms with Crippen molar-refractivity contribution in [2.45, 2.75) is 46.5 Å². The summed E-state index contributed by atoms with van der Waals surface area (Å²) in [6.07, 6.45) is 8.39. The highest BCUT2D eigenvalue weighted by Crippen LogP contribution is 2.24. The second-order valence-corrected chi connectivity index (χ2v) is 8.38. The predicted molar refractivity (Wildman–Crippen MR) is 128 cm³/mol. The third-order valence-electron chi connectivity index (χ3n) is 5.52. The minimum Gasteiger partial charge on any atom is -0.338 e. The van der Waals surface area contributed by atoms with E-state index in [2.05, 4.69) is 25.4 Å². The molecule has 0 bridgehead atoms. The Kier molecular flexibility index (Phi) is 9.51. The summed E-state index contributed by atoms with van der Waals surface area (Å²) in [7, 11) is 0. The first-order valence-corrected chi connectivity index (χ1v) is 11.0. The normalized spacial score (nSPS) is 16.4. The minimum absolute atomic E-state index is 0.0492. The number of halogens is 1. The van der Waals surface area contributed by atoms with E-state index in [9.17, 15) is 14.0 Å². The Morgan fingerprint density at radius 2 is 2.00 bits per heavy atom. The second kappa shape index (κ2) is 12.1. The molecule has 0 radical (unpaired) electrons. The summed E-state index contributed by atoms with van der Waals surface area (Å²) in [5.74, 6) is 0.665. The first kappa shape index (κ1) is 25.2. The Balaban J connectivity index is 0.000000534. The van der Waals surface area contributed by atoms with Gasteiger partial charge in [-0.15, -0.1) is 0 Å². The Hall–Kier alpha value is -3.08. The number of amides is 1. The third-order valence-corrected chi connectivity index (χ3v) is 5.52. The van der Waals surface area contributed by atoms with Gasteiger partial charge in [-0.1, -0.05) is 38.6 Å². The number of nitrogens with zero attached hydrogens (tertiary/aromatic N) is 2. The third kappa shape index (κ3) is 7.26. The summed E-state index contributed by atoms with van der Waals surface area (Å²) in [6.45, 7) is 13.1. The lowest BCUT2D eigenvalue weighted by atomic mass is 9.92. The van der Waals surface area contributed by atoms with Crippen molar-refractivity contribution in [3.05, 3.63) is 83.5 Å². The van der Waals surface area contributed by atoms with Crippen LogP contribution in [-0.2, 0) is 11.2 Å². The smallest absolute Gasteiger partial charge is 0.255 e. The van der Waals surface area contributed by atoms with Crippen molar-refractivity contribution in [2.75, 3.05) is 13.1 Å². The summed E-state index contributed by atoms with van der Waals surface area (Å²) >= 11 is 0. The van der Waals surface area contributed by atoms with Crippen molar-refractivity contribution in [3.8, 4) is 0 Å². The predicted octanol–water partition coefficient (Wildman–Crippen LogP) is 5.84. The maximum atomic E-state index is 13.1. The van der Waals surface area contributed by atoms with Crippen LogP contribution in [-0.4, -0.2) is 34.7 Å². The van der Waals surface area contributed by atoms with E-state index in [1.54, 1.807) is 18.3 Å². The quantitative estimate of drug-likeness (QED) is 0.534. The average Bonchev–Trinajstić information content (AvgIpc) is 3.20. The van der Waals surface area contributed by atoms with Crippen LogP contribution >= 0.6 is 0 Å². The number of hydrogen-bond acceptors (Lipinski definition) is 3. The fourth-order valence-electron chi connectivity index (χ4n) is 3.76. The van der Waals surface area contributed by atoms with Gasteiger partial charge in [0.05, 0.1) is 11.3 Å². The highest BCUT2D eigenvalue weighted by molar-refractivity contribution is 5.94. The molecule has 0 aliphatic carbocycles. The van der Waals surface area contributed by atoms with E-state index in [1.165, 1.54) is 25.1 Å². The molecule has 1 aliphatic heterocycles. The highest BCUT2D eigenvalue weighted by atomic mass is 19.1. The van der Waals surface area contributed by atoms with Crippen molar-refractivity contribution in [1.82, 2.24) is 9.88 Å². The van der Waals surface area contributed by atoms with E-state index in [1.807, 2.05) is 30.0 Å². The summed E-state index contributed by atoms with van der Waals surface area (Å²) in [5.41, 5.74) is 3.48. The number of benzene rings is 1. The number of ketones is 1. The first-order chi connectivity index (χ1) is 15.2. The molecule has 1 saturated heterocycles. The van der Waals surface area contributed by atoms with Gasteiger partial charge in [-0.3, -0.25) is 14.6 Å². The van der Waals surface area contributed by atoms with E-state index in [0.717, 1.165) is 42.8 Å². The number of allylic oxidation sites excluding steroid dienone is 2. The number of pyridine rings is 1. The van der Waals surface area contributed by atoms with Gasteiger partial charge in [0, 0.05) is 19.3 Å². The zero-order chi connectivity index (χ0) is 23.7. The zero-order valence-corrected chi connectivity index (χ0v) is 19.5. The van der Waals surface area contributed by atoms with Gasteiger partial charge in [-0.2, -0.15) is 0 Å². The monoisotopic (exact) mass is 436 g/mol. The summed E-state index contributed by atoms with van der Waals surface area (Å²) in [6, 6.07) is 8.51. The molecule has 5 heteroatoms. The first-order valence-electron chi connectivity index (χ1n) is 11.0. The molecule has 1 aliphatic rings. The molecule has 32 heavy (non-hydrogen) atoms. The molecule has 1 fully saturated rings. The van der Waals surface area contributed by atoms with Crippen LogP contribution < -0.4 is 0 Å². The van der Waals surface area contributed by atoms with Gasteiger partial charge in [-0.05, 0) is 80.0 Å². The lowest BCUT2D eigenvalue weighted by Crippen LogP contribution is -2.28. The Labute approximate surface area is 190 Å². The van der Waals surface area contributed by atoms with Gasteiger partial charge in [0.1, 0.15) is 5.82 Å². The van der Waals surface area contributed by atoms with Gasteiger partial charge in [0.15, 0.2) is 5.78 Å². The number of rotatable bonds is 6.